The predicted octanol–water partition coefficient (Wildman–Crippen LogP) is 1.56. The molecule has 1 unspecified atom stereocenters. The number of hydrogen-bond acceptors (Lipinski definition) is 4. The Kier molecular flexibility index (Phi) is 5.03. The molecule has 1 aliphatic rings. The first-order valence-corrected chi connectivity index (χ1v) is 8.72. The molecule has 6 heteroatoms. The van der Waals surface area contributed by atoms with Crippen molar-refractivity contribution in [2.75, 3.05) is 19.7 Å². The molecule has 1 atom stereocenters. The van der Waals surface area contributed by atoms with Crippen LogP contribution in [0.3, 0.4) is 0 Å². The standard InChI is InChI=1S/C15H24N2O3S/c1-11-7-12(2)15(8-14(11)9-16)21(18,19)17-5-4-6-20-13(3)10-17/h7-8,13H,4-6,9-10,16H2,1-3H3. The van der Waals surface area contributed by atoms with E-state index >= 15 is 0 Å². The summed E-state index contributed by atoms with van der Waals surface area (Å²) in [7, 11) is -3.50. The lowest BCUT2D eigenvalue weighted by molar-refractivity contribution is 0.0752. The molecule has 1 aliphatic heterocycles. The SMILES string of the molecule is Cc1cc(C)c(S(=O)(=O)N2CCCOC(C)C2)cc1CN. The minimum absolute atomic E-state index is 0.0815. The number of rotatable bonds is 3. The Labute approximate surface area is 127 Å². The zero-order chi connectivity index (χ0) is 15.6. The summed E-state index contributed by atoms with van der Waals surface area (Å²) < 4.78 is 32.9. The average Bonchev–Trinajstić information content (AvgIpc) is 2.63. The van der Waals surface area contributed by atoms with E-state index in [9.17, 15) is 8.42 Å². The highest BCUT2D eigenvalue weighted by molar-refractivity contribution is 7.89. The second kappa shape index (κ2) is 6.44. The highest BCUT2D eigenvalue weighted by Crippen LogP contribution is 2.25. The van der Waals surface area contributed by atoms with Gasteiger partial charge in [0.25, 0.3) is 0 Å². The van der Waals surface area contributed by atoms with Crippen LogP contribution >= 0.6 is 0 Å². The van der Waals surface area contributed by atoms with Crippen molar-refractivity contribution < 1.29 is 13.2 Å². The topological polar surface area (TPSA) is 72.6 Å². The number of nitrogens with zero attached hydrogens (tertiary/aromatic N) is 1. The second-order valence-electron chi connectivity index (χ2n) is 5.65. The van der Waals surface area contributed by atoms with E-state index in [1.165, 1.54) is 4.31 Å². The van der Waals surface area contributed by atoms with Gasteiger partial charge in [0.15, 0.2) is 0 Å². The number of sulfonamides is 1. The summed E-state index contributed by atoms with van der Waals surface area (Å²) in [4.78, 5) is 0.364. The molecule has 1 saturated heterocycles. The minimum Gasteiger partial charge on any atom is -0.377 e. The molecule has 1 aromatic rings. The zero-order valence-corrected chi connectivity index (χ0v) is 13.7. The van der Waals surface area contributed by atoms with Gasteiger partial charge in [0.1, 0.15) is 0 Å². The van der Waals surface area contributed by atoms with Crippen molar-refractivity contribution in [3.63, 3.8) is 0 Å². The van der Waals surface area contributed by atoms with E-state index in [2.05, 4.69) is 0 Å². The summed E-state index contributed by atoms with van der Waals surface area (Å²) in [5.74, 6) is 0. The molecule has 5 nitrogen and oxygen atoms in total. The van der Waals surface area contributed by atoms with Crippen molar-refractivity contribution in [2.45, 2.75) is 44.7 Å². The summed E-state index contributed by atoms with van der Waals surface area (Å²) in [5.41, 5.74) is 8.38. The molecule has 1 aromatic carbocycles. The maximum Gasteiger partial charge on any atom is 0.243 e. The summed E-state index contributed by atoms with van der Waals surface area (Å²) in [6.45, 7) is 7.53. The Morgan fingerprint density at radius 3 is 2.71 bits per heavy atom. The van der Waals surface area contributed by atoms with Crippen LogP contribution in [-0.4, -0.2) is 38.5 Å². The first-order chi connectivity index (χ1) is 9.86. The maximum absolute atomic E-state index is 12.9. The van der Waals surface area contributed by atoms with Crippen molar-refractivity contribution >= 4 is 10.0 Å². The van der Waals surface area contributed by atoms with Crippen molar-refractivity contribution in [3.05, 3.63) is 28.8 Å². The lowest BCUT2D eigenvalue weighted by Crippen LogP contribution is -2.36. The van der Waals surface area contributed by atoms with Gasteiger partial charge in [-0.25, -0.2) is 8.42 Å². The van der Waals surface area contributed by atoms with E-state index in [-0.39, 0.29) is 6.10 Å². The van der Waals surface area contributed by atoms with E-state index in [0.29, 0.717) is 31.1 Å². The van der Waals surface area contributed by atoms with Crippen LogP contribution in [0.2, 0.25) is 0 Å². The molecule has 0 aromatic heterocycles. The fraction of sp³-hybridized carbons (Fsp3) is 0.600. The molecule has 118 valence electrons. The van der Waals surface area contributed by atoms with Crippen molar-refractivity contribution in [2.24, 2.45) is 5.73 Å². The van der Waals surface area contributed by atoms with Crippen molar-refractivity contribution in [1.29, 1.82) is 0 Å². The highest BCUT2D eigenvalue weighted by atomic mass is 32.2. The molecule has 2 rings (SSSR count). The lowest BCUT2D eigenvalue weighted by Gasteiger charge is -2.23. The van der Waals surface area contributed by atoms with Crippen LogP contribution in [0.15, 0.2) is 17.0 Å². The third kappa shape index (κ3) is 3.45. The summed E-state index contributed by atoms with van der Waals surface area (Å²) in [5, 5.41) is 0. The van der Waals surface area contributed by atoms with Gasteiger partial charge in [0.2, 0.25) is 10.0 Å². The Balaban J connectivity index is 2.43. The predicted molar refractivity (Wildman–Crippen MR) is 82.6 cm³/mol. The minimum atomic E-state index is -3.50. The molecule has 0 saturated carbocycles. The molecule has 0 aliphatic carbocycles. The average molecular weight is 312 g/mol. The van der Waals surface area contributed by atoms with Crippen molar-refractivity contribution in [3.8, 4) is 0 Å². The summed E-state index contributed by atoms with van der Waals surface area (Å²) >= 11 is 0. The quantitative estimate of drug-likeness (QED) is 0.919. The van der Waals surface area contributed by atoms with E-state index in [0.717, 1.165) is 23.1 Å². The van der Waals surface area contributed by atoms with Crippen LogP contribution in [-0.2, 0) is 21.3 Å². The van der Waals surface area contributed by atoms with Gasteiger partial charge in [-0.15, -0.1) is 0 Å². The molecular weight excluding hydrogens is 288 g/mol. The number of ether oxygens (including phenoxy) is 1. The molecule has 0 amide bonds. The smallest absolute Gasteiger partial charge is 0.243 e. The Hall–Kier alpha value is -0.950. The molecule has 21 heavy (non-hydrogen) atoms. The molecule has 0 bridgehead atoms. The van der Waals surface area contributed by atoms with Gasteiger partial charge in [0.05, 0.1) is 11.0 Å². The number of hydrogen-bond donors (Lipinski definition) is 1. The monoisotopic (exact) mass is 312 g/mol. The number of benzene rings is 1. The van der Waals surface area contributed by atoms with E-state index in [1.807, 2.05) is 26.8 Å². The third-order valence-electron chi connectivity index (χ3n) is 3.89. The Morgan fingerprint density at radius 1 is 1.33 bits per heavy atom. The molecule has 2 N–H and O–H groups in total. The molecule has 1 fully saturated rings. The fourth-order valence-electron chi connectivity index (χ4n) is 2.69. The van der Waals surface area contributed by atoms with Crippen LogP contribution in [0.25, 0.3) is 0 Å². The van der Waals surface area contributed by atoms with Gasteiger partial charge < -0.3 is 10.5 Å². The van der Waals surface area contributed by atoms with Gasteiger partial charge in [-0.3, -0.25) is 0 Å². The normalized spacial score (nSPS) is 21.2. The van der Waals surface area contributed by atoms with Crippen molar-refractivity contribution in [1.82, 2.24) is 4.31 Å². The summed E-state index contributed by atoms with van der Waals surface area (Å²) in [6, 6.07) is 3.61. The zero-order valence-electron chi connectivity index (χ0n) is 12.9. The largest absolute Gasteiger partial charge is 0.377 e. The summed E-state index contributed by atoms with van der Waals surface area (Å²) in [6.07, 6.45) is 0.639. The lowest BCUT2D eigenvalue weighted by atomic mass is 10.1. The fourth-order valence-corrected chi connectivity index (χ4v) is 4.50. The van der Waals surface area contributed by atoms with Gasteiger partial charge in [-0.1, -0.05) is 6.07 Å². The van der Waals surface area contributed by atoms with Crippen LogP contribution in [0.5, 0.6) is 0 Å². The Morgan fingerprint density at radius 2 is 2.05 bits per heavy atom. The number of nitrogens with two attached hydrogens (primary N) is 1. The van der Waals surface area contributed by atoms with Crippen LogP contribution in [0.1, 0.15) is 30.0 Å². The van der Waals surface area contributed by atoms with Gasteiger partial charge in [-0.2, -0.15) is 4.31 Å². The molecular formula is C15H24N2O3S. The van der Waals surface area contributed by atoms with Crippen LogP contribution in [0.4, 0.5) is 0 Å². The second-order valence-corrected chi connectivity index (χ2v) is 7.55. The van der Waals surface area contributed by atoms with Gasteiger partial charge >= 0.3 is 0 Å². The highest BCUT2D eigenvalue weighted by Gasteiger charge is 2.29. The first kappa shape index (κ1) is 16.4. The van der Waals surface area contributed by atoms with E-state index < -0.39 is 10.0 Å². The first-order valence-electron chi connectivity index (χ1n) is 7.28. The van der Waals surface area contributed by atoms with Crippen LogP contribution in [0, 0.1) is 13.8 Å². The van der Waals surface area contributed by atoms with E-state index in [4.69, 9.17) is 10.5 Å². The third-order valence-corrected chi connectivity index (χ3v) is 5.89. The Bertz CT molecular complexity index is 614. The molecule has 0 spiro atoms. The van der Waals surface area contributed by atoms with E-state index in [1.54, 1.807) is 6.07 Å². The van der Waals surface area contributed by atoms with Gasteiger partial charge in [-0.05, 0) is 49.9 Å². The molecule has 1 heterocycles. The van der Waals surface area contributed by atoms with Gasteiger partial charge in [0, 0.05) is 26.2 Å². The van der Waals surface area contributed by atoms with Crippen LogP contribution < -0.4 is 5.73 Å². The number of aryl methyl sites for hydroxylation is 2. The molecule has 0 radical (unpaired) electrons. The maximum atomic E-state index is 12.9.